The summed E-state index contributed by atoms with van der Waals surface area (Å²) in [6.07, 6.45) is 4.50. The lowest BCUT2D eigenvalue weighted by Gasteiger charge is -2.33. The van der Waals surface area contributed by atoms with Crippen LogP contribution in [-0.2, 0) is 14.8 Å². The van der Waals surface area contributed by atoms with Gasteiger partial charge in [-0.05, 0) is 52.2 Å². The predicted molar refractivity (Wildman–Crippen MR) is 121 cm³/mol. The van der Waals surface area contributed by atoms with Crippen molar-refractivity contribution in [2.24, 2.45) is 5.92 Å². The molecule has 0 spiro atoms. The fourth-order valence-corrected chi connectivity index (χ4v) is 5.63. The lowest BCUT2D eigenvalue weighted by atomic mass is 9.96. The van der Waals surface area contributed by atoms with Crippen LogP contribution in [0, 0.1) is 19.8 Å². The second-order valence-electron chi connectivity index (χ2n) is 7.89. The third-order valence-corrected chi connectivity index (χ3v) is 7.87. The number of amides is 1. The smallest absolute Gasteiger partial charge is 0.248 e. The molecule has 3 rings (SSSR count). The largest absolute Gasteiger partial charge is 0.355 e. The number of rotatable bonds is 7. The Bertz CT molecular complexity index is 1030. The molecule has 1 fully saturated rings. The molecule has 1 saturated heterocycles. The molecule has 168 valence electrons. The monoisotopic (exact) mass is 445 g/mol. The molecule has 0 atom stereocenters. The van der Waals surface area contributed by atoms with Crippen LogP contribution in [0.2, 0.25) is 0 Å². The van der Waals surface area contributed by atoms with Gasteiger partial charge < -0.3 is 9.42 Å². The Morgan fingerprint density at radius 3 is 2.32 bits per heavy atom. The van der Waals surface area contributed by atoms with Crippen molar-refractivity contribution >= 4 is 28.1 Å². The Balaban J connectivity index is 1.76. The van der Waals surface area contributed by atoms with Gasteiger partial charge in [-0.25, -0.2) is 8.42 Å². The van der Waals surface area contributed by atoms with Crippen LogP contribution >= 0.6 is 0 Å². The van der Waals surface area contributed by atoms with Gasteiger partial charge in [-0.2, -0.15) is 4.31 Å². The lowest BCUT2D eigenvalue weighted by Crippen LogP contribution is -2.44. The van der Waals surface area contributed by atoms with Gasteiger partial charge in [0.1, 0.15) is 5.69 Å². The zero-order valence-corrected chi connectivity index (χ0v) is 19.5. The minimum Gasteiger partial charge on any atom is -0.355 e. The van der Waals surface area contributed by atoms with Crippen LogP contribution in [0.3, 0.4) is 0 Å². The maximum absolute atomic E-state index is 13.4. The van der Waals surface area contributed by atoms with Crippen LogP contribution in [0.5, 0.6) is 0 Å². The molecule has 1 aliphatic heterocycles. The summed E-state index contributed by atoms with van der Waals surface area (Å²) < 4.78 is 33.5. The average Bonchev–Trinajstić information content (AvgIpc) is 3.15. The van der Waals surface area contributed by atoms with Gasteiger partial charge in [0.05, 0.1) is 0 Å². The Morgan fingerprint density at radius 2 is 1.74 bits per heavy atom. The van der Waals surface area contributed by atoms with Crippen LogP contribution in [0.25, 0.3) is 12.2 Å². The first kappa shape index (κ1) is 23.2. The number of nitrogens with zero attached hydrogens (tertiary/aromatic N) is 3. The highest BCUT2D eigenvalue weighted by molar-refractivity contribution is 7.89. The van der Waals surface area contributed by atoms with Gasteiger partial charge in [-0.3, -0.25) is 4.79 Å². The maximum Gasteiger partial charge on any atom is 0.248 e. The van der Waals surface area contributed by atoms with E-state index in [1.807, 2.05) is 56.0 Å². The zero-order chi connectivity index (χ0) is 22.6. The zero-order valence-electron chi connectivity index (χ0n) is 18.7. The number of sulfonamides is 1. The fraction of sp³-hybridized carbons (Fsp3) is 0.478. The van der Waals surface area contributed by atoms with Crippen LogP contribution in [0.15, 0.2) is 33.7 Å². The van der Waals surface area contributed by atoms with Gasteiger partial charge in [0.15, 0.2) is 10.7 Å². The molecule has 7 nitrogen and oxygen atoms in total. The molecule has 1 amide bonds. The van der Waals surface area contributed by atoms with Crippen molar-refractivity contribution in [1.82, 2.24) is 14.4 Å². The quantitative estimate of drug-likeness (QED) is 0.648. The third-order valence-electron chi connectivity index (χ3n) is 5.81. The third kappa shape index (κ3) is 5.07. The molecule has 1 aliphatic rings. The molecule has 0 N–H and O–H groups in total. The SMILES string of the molecule is CCN(CC)C(=O)C1CCN(S(=O)(=O)c2c(C)noc2/C=C/c2ccc(C)cc2)CC1. The highest BCUT2D eigenvalue weighted by Gasteiger charge is 2.36. The molecular formula is C23H31N3O4S. The van der Waals surface area contributed by atoms with Crippen LogP contribution < -0.4 is 0 Å². The van der Waals surface area contributed by atoms with Crippen molar-refractivity contribution in [3.8, 4) is 0 Å². The molecule has 2 heterocycles. The molecule has 31 heavy (non-hydrogen) atoms. The van der Waals surface area contributed by atoms with Crippen molar-refractivity contribution in [3.63, 3.8) is 0 Å². The van der Waals surface area contributed by atoms with E-state index in [4.69, 9.17) is 4.52 Å². The van der Waals surface area contributed by atoms with Gasteiger partial charge in [0.25, 0.3) is 0 Å². The Labute approximate surface area is 184 Å². The van der Waals surface area contributed by atoms with Crippen molar-refractivity contribution < 1.29 is 17.7 Å². The number of benzene rings is 1. The van der Waals surface area contributed by atoms with Crippen molar-refractivity contribution in [1.29, 1.82) is 0 Å². The lowest BCUT2D eigenvalue weighted by molar-refractivity contribution is -0.136. The van der Waals surface area contributed by atoms with Gasteiger partial charge in [0.2, 0.25) is 15.9 Å². The fourth-order valence-electron chi connectivity index (χ4n) is 3.91. The number of piperidine rings is 1. The number of carbonyl (C=O) groups is 1. The molecule has 0 unspecified atom stereocenters. The highest BCUT2D eigenvalue weighted by Crippen LogP contribution is 2.29. The minimum absolute atomic E-state index is 0.101. The topological polar surface area (TPSA) is 83.7 Å². The first-order valence-corrected chi connectivity index (χ1v) is 12.2. The van der Waals surface area contributed by atoms with Crippen molar-refractivity contribution in [3.05, 3.63) is 46.8 Å². The second-order valence-corrected chi connectivity index (χ2v) is 9.77. The summed E-state index contributed by atoms with van der Waals surface area (Å²) in [5.74, 6) is 0.208. The number of hydrogen-bond donors (Lipinski definition) is 0. The van der Waals surface area contributed by atoms with E-state index in [1.165, 1.54) is 4.31 Å². The predicted octanol–water partition coefficient (Wildman–Crippen LogP) is 3.73. The molecule has 0 bridgehead atoms. The number of hydrogen-bond acceptors (Lipinski definition) is 5. The van der Waals surface area contributed by atoms with Crippen LogP contribution in [-0.4, -0.2) is 54.9 Å². The second kappa shape index (κ2) is 9.78. The van der Waals surface area contributed by atoms with Gasteiger partial charge in [0, 0.05) is 32.1 Å². The van der Waals surface area contributed by atoms with Gasteiger partial charge in [-0.1, -0.05) is 41.1 Å². The summed E-state index contributed by atoms with van der Waals surface area (Å²) in [4.78, 5) is 14.5. The van der Waals surface area contributed by atoms with E-state index < -0.39 is 10.0 Å². The summed E-state index contributed by atoms with van der Waals surface area (Å²) in [5.41, 5.74) is 2.43. The normalized spacial score (nSPS) is 16.1. The van der Waals surface area contributed by atoms with E-state index in [2.05, 4.69) is 5.16 Å². The van der Waals surface area contributed by atoms with Crippen molar-refractivity contribution in [2.45, 2.75) is 45.4 Å². The number of carbonyl (C=O) groups excluding carboxylic acids is 1. The number of aromatic nitrogens is 1. The summed E-state index contributed by atoms with van der Waals surface area (Å²) in [6, 6.07) is 7.90. The van der Waals surface area contributed by atoms with Gasteiger partial charge >= 0.3 is 0 Å². The summed E-state index contributed by atoms with van der Waals surface area (Å²) in [7, 11) is -3.77. The standard InChI is InChI=1S/C23H31N3O4S/c1-5-25(6-2)23(27)20-13-15-26(16-14-20)31(28,29)22-18(4)24-30-21(22)12-11-19-9-7-17(3)8-10-19/h7-12,20H,5-6,13-16H2,1-4H3/b12-11+. The minimum atomic E-state index is -3.77. The Hall–Kier alpha value is -2.45. The van der Waals surface area contributed by atoms with Crippen molar-refractivity contribution in [2.75, 3.05) is 26.2 Å². The van der Waals surface area contributed by atoms with E-state index in [0.717, 1.165) is 11.1 Å². The number of aryl methyl sites for hydroxylation is 2. The summed E-state index contributed by atoms with van der Waals surface area (Å²) in [5, 5.41) is 3.90. The Morgan fingerprint density at radius 1 is 1.13 bits per heavy atom. The molecule has 0 saturated carbocycles. The van der Waals surface area contributed by atoms with Crippen LogP contribution in [0.1, 0.15) is 49.3 Å². The molecule has 8 heteroatoms. The molecular weight excluding hydrogens is 414 g/mol. The van der Waals surface area contributed by atoms with E-state index in [1.54, 1.807) is 13.0 Å². The van der Waals surface area contributed by atoms with E-state index in [0.29, 0.717) is 44.7 Å². The van der Waals surface area contributed by atoms with Gasteiger partial charge in [-0.15, -0.1) is 0 Å². The molecule has 1 aromatic heterocycles. The first-order chi connectivity index (χ1) is 14.8. The average molecular weight is 446 g/mol. The van der Waals surface area contributed by atoms with Crippen LogP contribution in [0.4, 0.5) is 0 Å². The van der Waals surface area contributed by atoms with E-state index in [9.17, 15) is 13.2 Å². The Kier molecular flexibility index (Phi) is 7.33. The molecule has 1 aromatic carbocycles. The van der Waals surface area contributed by atoms with E-state index >= 15 is 0 Å². The molecule has 0 radical (unpaired) electrons. The summed E-state index contributed by atoms with van der Waals surface area (Å²) >= 11 is 0. The first-order valence-electron chi connectivity index (χ1n) is 10.8. The summed E-state index contributed by atoms with van der Waals surface area (Å²) in [6.45, 7) is 9.53. The van der Waals surface area contributed by atoms with E-state index in [-0.39, 0.29) is 22.5 Å². The molecule has 0 aliphatic carbocycles. The maximum atomic E-state index is 13.4. The molecule has 2 aromatic rings. The highest BCUT2D eigenvalue weighted by atomic mass is 32.2.